The Bertz CT molecular complexity index is 922. The van der Waals surface area contributed by atoms with E-state index in [2.05, 4.69) is 4.98 Å². The summed E-state index contributed by atoms with van der Waals surface area (Å²) in [5.41, 5.74) is 2.51. The molecule has 0 aliphatic heterocycles. The molecule has 1 aromatic carbocycles. The van der Waals surface area contributed by atoms with E-state index in [4.69, 9.17) is 4.74 Å². The van der Waals surface area contributed by atoms with Crippen LogP contribution in [-0.2, 0) is 11.3 Å². The van der Waals surface area contributed by atoms with E-state index in [0.29, 0.717) is 17.9 Å². The van der Waals surface area contributed by atoms with Gasteiger partial charge in [-0.2, -0.15) is 0 Å². The number of methoxy groups -OCH3 is 1. The summed E-state index contributed by atoms with van der Waals surface area (Å²) in [7, 11) is 1.58. The molecule has 0 radical (unpaired) electrons. The maximum absolute atomic E-state index is 14.1. The lowest BCUT2D eigenvalue weighted by molar-refractivity contribution is 0.0534. The zero-order valence-corrected chi connectivity index (χ0v) is 15.1. The molecule has 0 bridgehead atoms. The highest BCUT2D eigenvalue weighted by Gasteiger charge is 2.25. The third kappa shape index (κ3) is 3.60. The van der Waals surface area contributed by atoms with Gasteiger partial charge in [0.25, 0.3) is 5.91 Å². The van der Waals surface area contributed by atoms with E-state index in [9.17, 15) is 9.18 Å². The fraction of sp³-hybridized carbons (Fsp3) is 0.300. The molecule has 5 nitrogen and oxygen atoms in total. The molecule has 0 fully saturated rings. The van der Waals surface area contributed by atoms with Crippen molar-refractivity contribution >= 4 is 11.6 Å². The van der Waals surface area contributed by atoms with Crippen molar-refractivity contribution in [2.45, 2.75) is 26.4 Å². The van der Waals surface area contributed by atoms with Gasteiger partial charge in [-0.05, 0) is 31.5 Å². The number of aryl methyl sites for hydroxylation is 1. The Morgan fingerprint density at radius 2 is 2.08 bits per heavy atom. The van der Waals surface area contributed by atoms with Gasteiger partial charge in [-0.15, -0.1) is 0 Å². The number of carbonyl (C=O) groups is 1. The number of hydrogen-bond acceptors (Lipinski definition) is 3. The van der Waals surface area contributed by atoms with E-state index in [1.807, 2.05) is 36.6 Å². The number of benzene rings is 1. The summed E-state index contributed by atoms with van der Waals surface area (Å²) < 4.78 is 21.1. The monoisotopic (exact) mass is 355 g/mol. The lowest BCUT2D eigenvalue weighted by atomic mass is 10.1. The molecule has 1 amide bonds. The van der Waals surface area contributed by atoms with Crippen LogP contribution in [0.5, 0.6) is 0 Å². The number of aromatic nitrogens is 2. The average molecular weight is 355 g/mol. The van der Waals surface area contributed by atoms with Gasteiger partial charge in [0.05, 0.1) is 12.6 Å². The molecule has 1 atom stereocenters. The van der Waals surface area contributed by atoms with Gasteiger partial charge >= 0.3 is 0 Å². The van der Waals surface area contributed by atoms with Crippen LogP contribution in [0.3, 0.4) is 0 Å². The van der Waals surface area contributed by atoms with Gasteiger partial charge in [0, 0.05) is 31.6 Å². The van der Waals surface area contributed by atoms with Gasteiger partial charge in [0.2, 0.25) is 0 Å². The Morgan fingerprint density at radius 3 is 2.77 bits per heavy atom. The van der Waals surface area contributed by atoms with Crippen molar-refractivity contribution in [3.8, 4) is 0 Å². The van der Waals surface area contributed by atoms with E-state index >= 15 is 0 Å². The zero-order valence-electron chi connectivity index (χ0n) is 15.1. The highest BCUT2D eigenvalue weighted by Crippen LogP contribution is 2.17. The zero-order chi connectivity index (χ0) is 18.7. The molecule has 26 heavy (non-hydrogen) atoms. The number of fused-ring (bicyclic) bond motifs is 1. The largest absolute Gasteiger partial charge is 0.383 e. The second kappa shape index (κ2) is 7.66. The second-order valence-corrected chi connectivity index (χ2v) is 6.38. The first kappa shape index (κ1) is 18.1. The van der Waals surface area contributed by atoms with Crippen LogP contribution in [0.25, 0.3) is 5.65 Å². The van der Waals surface area contributed by atoms with Crippen LogP contribution in [-0.4, -0.2) is 40.0 Å². The fourth-order valence-electron chi connectivity index (χ4n) is 2.97. The maximum atomic E-state index is 14.1. The van der Waals surface area contributed by atoms with Crippen molar-refractivity contribution in [2.75, 3.05) is 13.7 Å². The molecule has 6 heteroatoms. The Balaban J connectivity index is 1.95. The number of ether oxygens (including phenoxy) is 1. The Morgan fingerprint density at radius 1 is 1.31 bits per heavy atom. The van der Waals surface area contributed by atoms with Crippen LogP contribution >= 0.6 is 0 Å². The van der Waals surface area contributed by atoms with Gasteiger partial charge in [-0.1, -0.05) is 24.3 Å². The molecule has 0 spiro atoms. The first-order valence-electron chi connectivity index (χ1n) is 8.49. The first-order valence-corrected chi connectivity index (χ1v) is 8.49. The number of imidazole rings is 1. The standard InChI is InChI=1S/C20H22FN3O2/c1-14-7-6-10-23-12-18(22-19(14)23)20(25)24(15(2)13-26-3)11-16-8-4-5-9-17(16)21/h4-10,12,15H,11,13H2,1-3H3/t15-/m1/s1. The average Bonchev–Trinajstić information content (AvgIpc) is 3.06. The molecule has 0 saturated carbocycles. The number of hydrogen-bond donors (Lipinski definition) is 0. The van der Waals surface area contributed by atoms with Crippen LogP contribution in [0.1, 0.15) is 28.5 Å². The number of rotatable bonds is 6. The molecule has 0 aliphatic rings. The van der Waals surface area contributed by atoms with E-state index in [0.717, 1.165) is 11.2 Å². The maximum Gasteiger partial charge on any atom is 0.274 e. The minimum atomic E-state index is -0.333. The molecule has 2 aromatic heterocycles. The highest BCUT2D eigenvalue weighted by atomic mass is 19.1. The van der Waals surface area contributed by atoms with E-state index < -0.39 is 0 Å². The summed E-state index contributed by atoms with van der Waals surface area (Å²) in [5.74, 6) is -0.582. The van der Waals surface area contributed by atoms with E-state index in [1.54, 1.807) is 36.4 Å². The van der Waals surface area contributed by atoms with Gasteiger partial charge in [-0.3, -0.25) is 4.79 Å². The first-order chi connectivity index (χ1) is 12.5. The summed E-state index contributed by atoms with van der Waals surface area (Å²) in [4.78, 5) is 19.2. The predicted molar refractivity (Wildman–Crippen MR) is 97.5 cm³/mol. The third-order valence-corrected chi connectivity index (χ3v) is 4.40. The lowest BCUT2D eigenvalue weighted by Crippen LogP contribution is -2.41. The molecule has 0 saturated heterocycles. The molecule has 0 unspecified atom stereocenters. The minimum absolute atomic E-state index is 0.156. The van der Waals surface area contributed by atoms with Crippen molar-refractivity contribution in [3.63, 3.8) is 0 Å². The SMILES string of the molecule is COC[C@@H](C)N(Cc1ccccc1F)C(=O)c1cn2cccc(C)c2n1. The molecular weight excluding hydrogens is 333 g/mol. The van der Waals surface area contributed by atoms with Crippen molar-refractivity contribution < 1.29 is 13.9 Å². The third-order valence-electron chi connectivity index (χ3n) is 4.40. The number of halogens is 1. The number of amides is 1. The molecule has 0 N–H and O–H groups in total. The molecular formula is C20H22FN3O2. The second-order valence-electron chi connectivity index (χ2n) is 6.38. The van der Waals surface area contributed by atoms with E-state index in [1.165, 1.54) is 6.07 Å². The highest BCUT2D eigenvalue weighted by molar-refractivity contribution is 5.93. The quantitative estimate of drug-likeness (QED) is 0.680. The van der Waals surface area contributed by atoms with Crippen LogP contribution in [0, 0.1) is 12.7 Å². The van der Waals surface area contributed by atoms with Crippen molar-refractivity contribution in [3.05, 3.63) is 71.4 Å². The molecule has 3 aromatic rings. The topological polar surface area (TPSA) is 46.8 Å². The summed E-state index contributed by atoms with van der Waals surface area (Å²) in [6, 6.07) is 10.1. The van der Waals surface area contributed by atoms with Crippen molar-refractivity contribution in [1.29, 1.82) is 0 Å². The van der Waals surface area contributed by atoms with Gasteiger partial charge < -0.3 is 14.0 Å². The summed E-state index contributed by atoms with van der Waals surface area (Å²) in [6.45, 7) is 4.33. The normalized spacial score (nSPS) is 12.3. The summed E-state index contributed by atoms with van der Waals surface area (Å²) in [5, 5.41) is 0. The molecule has 2 heterocycles. The summed E-state index contributed by atoms with van der Waals surface area (Å²) in [6.07, 6.45) is 3.56. The number of carbonyl (C=O) groups excluding carboxylic acids is 1. The molecule has 136 valence electrons. The predicted octanol–water partition coefficient (Wildman–Crippen LogP) is 3.46. The number of nitrogens with zero attached hydrogens (tertiary/aromatic N) is 3. The van der Waals surface area contributed by atoms with Gasteiger partial charge in [-0.25, -0.2) is 9.37 Å². The fourth-order valence-corrected chi connectivity index (χ4v) is 2.97. The van der Waals surface area contributed by atoms with E-state index in [-0.39, 0.29) is 24.3 Å². The smallest absolute Gasteiger partial charge is 0.274 e. The van der Waals surface area contributed by atoms with Crippen LogP contribution in [0.2, 0.25) is 0 Å². The Labute approximate surface area is 152 Å². The van der Waals surface area contributed by atoms with Crippen LogP contribution < -0.4 is 0 Å². The summed E-state index contributed by atoms with van der Waals surface area (Å²) >= 11 is 0. The van der Waals surface area contributed by atoms with Crippen molar-refractivity contribution in [2.24, 2.45) is 0 Å². The number of pyridine rings is 1. The Kier molecular flexibility index (Phi) is 5.32. The van der Waals surface area contributed by atoms with Crippen LogP contribution in [0.15, 0.2) is 48.8 Å². The molecule has 0 aliphatic carbocycles. The van der Waals surface area contributed by atoms with Crippen molar-refractivity contribution in [1.82, 2.24) is 14.3 Å². The Hall–Kier alpha value is -2.73. The van der Waals surface area contributed by atoms with Gasteiger partial charge in [0.15, 0.2) is 0 Å². The minimum Gasteiger partial charge on any atom is -0.383 e. The van der Waals surface area contributed by atoms with Gasteiger partial charge in [0.1, 0.15) is 17.2 Å². The lowest BCUT2D eigenvalue weighted by Gasteiger charge is -2.28. The molecule has 3 rings (SSSR count). The van der Waals surface area contributed by atoms with Crippen LogP contribution in [0.4, 0.5) is 4.39 Å².